The van der Waals surface area contributed by atoms with E-state index in [1.165, 1.54) is 6.08 Å². The summed E-state index contributed by atoms with van der Waals surface area (Å²) in [6.45, 7) is 8.85. The number of hydrogen-bond donors (Lipinski definition) is 1. The van der Waals surface area contributed by atoms with Gasteiger partial charge in [-0.3, -0.25) is 0 Å². The molecule has 0 bridgehead atoms. The third-order valence-corrected chi connectivity index (χ3v) is 2.67. The molecule has 1 N–H and O–H groups in total. The first-order valence-electron chi connectivity index (χ1n) is 6.58. The molecule has 0 aliphatic rings. The lowest BCUT2D eigenvalue weighted by Crippen LogP contribution is -2.04. The summed E-state index contributed by atoms with van der Waals surface area (Å²) in [5.74, 6) is 0.552. The Balaban J connectivity index is 2.87. The van der Waals surface area contributed by atoms with Gasteiger partial charge in [-0.1, -0.05) is 39.8 Å². The monoisotopic (exact) mass is 262 g/mol. The zero-order valence-electron chi connectivity index (χ0n) is 12.0. The van der Waals surface area contributed by atoms with Crippen molar-refractivity contribution in [1.29, 1.82) is 0 Å². The Labute approximate surface area is 114 Å². The van der Waals surface area contributed by atoms with Crippen molar-refractivity contribution in [2.45, 2.75) is 27.7 Å². The lowest BCUT2D eigenvalue weighted by Gasteiger charge is -2.13. The molecule has 1 aromatic carbocycles. The molecule has 0 atom stereocenters. The number of rotatable bonds is 6. The van der Waals surface area contributed by atoms with Crippen molar-refractivity contribution in [2.24, 2.45) is 11.8 Å². The van der Waals surface area contributed by atoms with E-state index >= 15 is 0 Å². The van der Waals surface area contributed by atoms with Gasteiger partial charge in [0.2, 0.25) is 0 Å². The quantitative estimate of drug-likeness (QED) is 0.792. The first kappa shape index (κ1) is 15.3. The second-order valence-corrected chi connectivity index (χ2v) is 5.32. The molecule has 0 aromatic heterocycles. The molecular weight excluding hydrogens is 240 g/mol. The summed E-state index contributed by atoms with van der Waals surface area (Å²) in [7, 11) is 0. The minimum atomic E-state index is -0.913. The molecule has 0 unspecified atom stereocenters. The lowest BCUT2D eigenvalue weighted by molar-refractivity contribution is -0.131. The predicted octanol–water partition coefficient (Wildman–Crippen LogP) is 3.85. The molecule has 3 nitrogen and oxygen atoms in total. The molecule has 0 spiro atoms. The normalized spacial score (nSPS) is 12.0. The van der Waals surface area contributed by atoms with E-state index in [-0.39, 0.29) is 5.92 Å². The van der Waals surface area contributed by atoms with Gasteiger partial charge in [-0.25, -0.2) is 4.79 Å². The Hall–Kier alpha value is -1.77. The van der Waals surface area contributed by atoms with Gasteiger partial charge in [-0.05, 0) is 35.1 Å². The average Bonchev–Trinajstić information content (AvgIpc) is 2.33. The minimum Gasteiger partial charge on any atom is -0.493 e. The second kappa shape index (κ2) is 6.98. The number of allylic oxidation sites excluding steroid dienone is 1. The summed E-state index contributed by atoms with van der Waals surface area (Å²) >= 11 is 0. The highest BCUT2D eigenvalue weighted by Crippen LogP contribution is 2.25. The summed E-state index contributed by atoms with van der Waals surface area (Å²) in [6, 6.07) is 7.58. The van der Waals surface area contributed by atoms with Crippen LogP contribution in [-0.2, 0) is 4.79 Å². The molecule has 0 saturated carbocycles. The van der Waals surface area contributed by atoms with Crippen molar-refractivity contribution in [3.05, 3.63) is 35.9 Å². The SMILES string of the molecule is CC(C)COc1ccc(C(=CC(=O)O)C(C)C)cc1. The molecule has 19 heavy (non-hydrogen) atoms. The van der Waals surface area contributed by atoms with Crippen LogP contribution in [0.15, 0.2) is 30.3 Å². The summed E-state index contributed by atoms with van der Waals surface area (Å²) in [6.07, 6.45) is 1.27. The van der Waals surface area contributed by atoms with E-state index in [0.717, 1.165) is 16.9 Å². The first-order chi connectivity index (χ1) is 8.90. The zero-order valence-corrected chi connectivity index (χ0v) is 12.0. The number of ether oxygens (including phenoxy) is 1. The van der Waals surface area contributed by atoms with E-state index in [2.05, 4.69) is 13.8 Å². The van der Waals surface area contributed by atoms with Crippen molar-refractivity contribution in [3.63, 3.8) is 0 Å². The highest BCUT2D eigenvalue weighted by Gasteiger charge is 2.09. The fourth-order valence-electron chi connectivity index (χ4n) is 1.72. The van der Waals surface area contributed by atoms with Gasteiger partial charge < -0.3 is 9.84 Å². The summed E-state index contributed by atoms with van der Waals surface area (Å²) in [5, 5.41) is 8.89. The Morgan fingerprint density at radius 3 is 2.21 bits per heavy atom. The average molecular weight is 262 g/mol. The minimum absolute atomic E-state index is 0.165. The fourth-order valence-corrected chi connectivity index (χ4v) is 1.72. The summed E-state index contributed by atoms with van der Waals surface area (Å²) < 4.78 is 5.61. The summed E-state index contributed by atoms with van der Waals surface area (Å²) in [4.78, 5) is 10.8. The van der Waals surface area contributed by atoms with E-state index in [4.69, 9.17) is 9.84 Å². The molecule has 1 aromatic rings. The molecule has 0 radical (unpaired) electrons. The summed E-state index contributed by atoms with van der Waals surface area (Å²) in [5.41, 5.74) is 1.75. The van der Waals surface area contributed by atoms with Crippen molar-refractivity contribution in [1.82, 2.24) is 0 Å². The van der Waals surface area contributed by atoms with Crippen molar-refractivity contribution < 1.29 is 14.6 Å². The third-order valence-electron chi connectivity index (χ3n) is 2.67. The van der Waals surface area contributed by atoms with Crippen LogP contribution in [-0.4, -0.2) is 17.7 Å². The van der Waals surface area contributed by atoms with E-state index in [1.807, 2.05) is 38.1 Å². The first-order valence-corrected chi connectivity index (χ1v) is 6.58. The Morgan fingerprint density at radius 2 is 1.79 bits per heavy atom. The van der Waals surface area contributed by atoms with Crippen molar-refractivity contribution in [2.75, 3.05) is 6.61 Å². The Bertz CT molecular complexity index is 442. The maximum atomic E-state index is 10.8. The molecule has 0 fully saturated rings. The van der Waals surface area contributed by atoms with Crippen LogP contribution in [0.2, 0.25) is 0 Å². The molecule has 0 amide bonds. The Morgan fingerprint density at radius 1 is 1.21 bits per heavy atom. The van der Waals surface area contributed by atoms with Gasteiger partial charge in [0.05, 0.1) is 6.61 Å². The maximum Gasteiger partial charge on any atom is 0.328 e. The second-order valence-electron chi connectivity index (χ2n) is 5.32. The molecule has 104 valence electrons. The number of carboxylic acid groups (broad SMARTS) is 1. The van der Waals surface area contributed by atoms with E-state index in [1.54, 1.807) is 0 Å². The number of carbonyl (C=O) groups is 1. The number of hydrogen-bond acceptors (Lipinski definition) is 2. The van der Waals surface area contributed by atoms with Gasteiger partial charge in [0.1, 0.15) is 5.75 Å². The fraction of sp³-hybridized carbons (Fsp3) is 0.438. The van der Waals surface area contributed by atoms with Crippen LogP contribution in [0.25, 0.3) is 5.57 Å². The van der Waals surface area contributed by atoms with Crippen molar-refractivity contribution in [3.8, 4) is 5.75 Å². The van der Waals surface area contributed by atoms with Gasteiger partial charge in [0.15, 0.2) is 0 Å². The Kier molecular flexibility index (Phi) is 5.61. The van der Waals surface area contributed by atoms with Gasteiger partial charge in [-0.15, -0.1) is 0 Å². The smallest absolute Gasteiger partial charge is 0.328 e. The molecule has 0 saturated heterocycles. The van der Waals surface area contributed by atoms with E-state index < -0.39 is 5.97 Å². The van der Waals surface area contributed by atoms with Crippen LogP contribution in [0.3, 0.4) is 0 Å². The topological polar surface area (TPSA) is 46.5 Å². The van der Waals surface area contributed by atoms with Crippen LogP contribution >= 0.6 is 0 Å². The highest BCUT2D eigenvalue weighted by atomic mass is 16.5. The number of carboxylic acids is 1. The maximum absolute atomic E-state index is 10.8. The van der Waals surface area contributed by atoms with Crippen LogP contribution < -0.4 is 4.74 Å². The number of benzene rings is 1. The largest absolute Gasteiger partial charge is 0.493 e. The third kappa shape index (κ3) is 5.16. The molecule has 0 aliphatic carbocycles. The van der Waals surface area contributed by atoms with E-state index in [9.17, 15) is 4.79 Å². The van der Waals surface area contributed by atoms with Crippen molar-refractivity contribution >= 4 is 11.5 Å². The lowest BCUT2D eigenvalue weighted by atomic mass is 9.95. The zero-order chi connectivity index (χ0) is 14.4. The van der Waals surface area contributed by atoms with Crippen LogP contribution in [0, 0.1) is 11.8 Å². The predicted molar refractivity (Wildman–Crippen MR) is 77.2 cm³/mol. The van der Waals surface area contributed by atoms with Crippen LogP contribution in [0.1, 0.15) is 33.3 Å². The van der Waals surface area contributed by atoms with Gasteiger partial charge >= 0.3 is 5.97 Å². The number of aliphatic carboxylic acids is 1. The molecule has 1 rings (SSSR count). The van der Waals surface area contributed by atoms with Gasteiger partial charge in [-0.2, -0.15) is 0 Å². The van der Waals surface area contributed by atoms with Crippen LogP contribution in [0.4, 0.5) is 0 Å². The molecule has 0 heterocycles. The highest BCUT2D eigenvalue weighted by molar-refractivity contribution is 5.90. The molecule has 3 heteroatoms. The van der Waals surface area contributed by atoms with Gasteiger partial charge in [0, 0.05) is 6.08 Å². The molecular formula is C16H22O3. The van der Waals surface area contributed by atoms with Crippen LogP contribution in [0.5, 0.6) is 5.75 Å². The van der Waals surface area contributed by atoms with Gasteiger partial charge in [0.25, 0.3) is 0 Å². The standard InChI is InChI=1S/C16H22O3/c1-11(2)10-19-14-7-5-13(6-8-14)15(12(3)4)9-16(17)18/h5-9,11-12H,10H2,1-4H3,(H,17,18). The van der Waals surface area contributed by atoms with E-state index in [0.29, 0.717) is 12.5 Å². The molecule has 0 aliphatic heterocycles.